The van der Waals surface area contributed by atoms with Crippen molar-refractivity contribution in [2.24, 2.45) is 0 Å². The molecular weight excluding hydrogens is 364 g/mol. The number of aromatic carboxylic acids is 1. The highest BCUT2D eigenvalue weighted by Crippen LogP contribution is 2.38. The SMILES string of the molecule is COc1cc(C(=O)Nc2c(C(=O)[O-])[nH]c3ccc(C)cc23)cc(OC)c1OC. The Hall–Kier alpha value is -3.68. The van der Waals surface area contributed by atoms with Crippen molar-refractivity contribution in [1.29, 1.82) is 0 Å². The number of carbonyl (C=O) groups is 2. The van der Waals surface area contributed by atoms with Gasteiger partial charge >= 0.3 is 0 Å². The number of aromatic nitrogens is 1. The number of carboxylic acid groups (broad SMARTS) is 1. The zero-order valence-electron chi connectivity index (χ0n) is 15.8. The first-order chi connectivity index (χ1) is 13.4. The third-order valence-corrected chi connectivity index (χ3v) is 4.32. The molecule has 146 valence electrons. The van der Waals surface area contributed by atoms with Crippen LogP contribution in [0.3, 0.4) is 0 Å². The monoisotopic (exact) mass is 383 g/mol. The summed E-state index contributed by atoms with van der Waals surface area (Å²) in [4.78, 5) is 27.2. The minimum atomic E-state index is -1.42. The third kappa shape index (κ3) is 3.32. The normalized spacial score (nSPS) is 10.6. The van der Waals surface area contributed by atoms with Crippen molar-refractivity contribution in [3.05, 3.63) is 47.2 Å². The first-order valence-electron chi connectivity index (χ1n) is 8.34. The summed E-state index contributed by atoms with van der Waals surface area (Å²) in [6, 6.07) is 8.32. The smallest absolute Gasteiger partial charge is 0.256 e. The lowest BCUT2D eigenvalue weighted by Crippen LogP contribution is -2.25. The number of hydrogen-bond donors (Lipinski definition) is 2. The number of rotatable bonds is 6. The van der Waals surface area contributed by atoms with Gasteiger partial charge in [0.2, 0.25) is 5.75 Å². The Morgan fingerprint density at radius 2 is 1.64 bits per heavy atom. The standard InChI is InChI=1S/C20H20N2O6/c1-10-5-6-13-12(7-10)16(17(21-13)20(24)25)22-19(23)11-8-14(26-2)18(28-4)15(9-11)27-3/h5-9,21H,1-4H3,(H,22,23)(H,24,25)/p-1. The number of H-pyrrole nitrogens is 1. The molecule has 3 aromatic rings. The van der Waals surface area contributed by atoms with Gasteiger partial charge in [-0.15, -0.1) is 0 Å². The van der Waals surface area contributed by atoms with Crippen molar-refractivity contribution < 1.29 is 28.9 Å². The van der Waals surface area contributed by atoms with Gasteiger partial charge in [-0.1, -0.05) is 11.6 Å². The van der Waals surface area contributed by atoms with Crippen molar-refractivity contribution in [3.63, 3.8) is 0 Å². The Kier molecular flexibility index (Phi) is 5.12. The van der Waals surface area contributed by atoms with E-state index in [0.29, 0.717) is 28.2 Å². The largest absolute Gasteiger partial charge is 0.543 e. The van der Waals surface area contributed by atoms with Gasteiger partial charge < -0.3 is 34.4 Å². The van der Waals surface area contributed by atoms with Crippen LogP contribution in [0.4, 0.5) is 5.69 Å². The van der Waals surface area contributed by atoms with E-state index in [9.17, 15) is 14.7 Å². The van der Waals surface area contributed by atoms with Gasteiger partial charge in [-0.25, -0.2) is 0 Å². The summed E-state index contributed by atoms with van der Waals surface area (Å²) in [5.41, 5.74) is 1.63. The molecule has 0 radical (unpaired) electrons. The van der Waals surface area contributed by atoms with E-state index >= 15 is 0 Å². The molecule has 1 aromatic heterocycles. The van der Waals surface area contributed by atoms with E-state index in [1.807, 2.05) is 13.0 Å². The van der Waals surface area contributed by atoms with Crippen LogP contribution in [0.25, 0.3) is 10.9 Å². The second-order valence-corrected chi connectivity index (χ2v) is 6.08. The van der Waals surface area contributed by atoms with Crippen LogP contribution in [0.5, 0.6) is 17.2 Å². The Balaban J connectivity index is 2.07. The van der Waals surface area contributed by atoms with Gasteiger partial charge in [0.1, 0.15) is 0 Å². The molecule has 0 saturated heterocycles. The molecule has 8 nitrogen and oxygen atoms in total. The molecule has 28 heavy (non-hydrogen) atoms. The van der Waals surface area contributed by atoms with E-state index in [1.54, 1.807) is 12.1 Å². The molecule has 0 spiro atoms. The Morgan fingerprint density at radius 3 is 2.18 bits per heavy atom. The van der Waals surface area contributed by atoms with Crippen LogP contribution >= 0.6 is 0 Å². The molecule has 0 bridgehead atoms. The molecule has 0 saturated carbocycles. The van der Waals surface area contributed by atoms with Crippen LogP contribution in [-0.2, 0) is 0 Å². The maximum absolute atomic E-state index is 12.9. The van der Waals surface area contributed by atoms with Crippen LogP contribution in [0.15, 0.2) is 30.3 Å². The van der Waals surface area contributed by atoms with E-state index in [-0.39, 0.29) is 16.9 Å². The fraction of sp³-hybridized carbons (Fsp3) is 0.200. The Labute approximate surface area is 161 Å². The highest BCUT2D eigenvalue weighted by molar-refractivity contribution is 6.14. The molecule has 1 heterocycles. The molecular formula is C20H19N2O6-. The zero-order valence-corrected chi connectivity index (χ0v) is 15.8. The molecule has 0 fully saturated rings. The molecule has 0 aliphatic carbocycles. The maximum Gasteiger partial charge on any atom is 0.256 e. The second kappa shape index (κ2) is 7.51. The van der Waals surface area contributed by atoms with Gasteiger partial charge in [-0.2, -0.15) is 0 Å². The number of fused-ring (bicyclic) bond motifs is 1. The number of aryl methyl sites for hydroxylation is 1. The molecule has 0 aliphatic rings. The lowest BCUT2D eigenvalue weighted by molar-refractivity contribution is -0.255. The van der Waals surface area contributed by atoms with E-state index in [1.165, 1.54) is 33.5 Å². The molecule has 0 unspecified atom stereocenters. The summed E-state index contributed by atoms with van der Waals surface area (Å²) >= 11 is 0. The number of carbonyl (C=O) groups excluding carboxylic acids is 2. The van der Waals surface area contributed by atoms with Crippen molar-refractivity contribution in [2.45, 2.75) is 6.92 Å². The molecule has 2 aromatic carbocycles. The lowest BCUT2D eigenvalue weighted by Gasteiger charge is -2.14. The summed E-state index contributed by atoms with van der Waals surface area (Å²) in [6.07, 6.45) is 0. The van der Waals surface area contributed by atoms with E-state index < -0.39 is 11.9 Å². The molecule has 3 rings (SSSR count). The summed E-state index contributed by atoms with van der Waals surface area (Å²) in [5, 5.41) is 14.8. The van der Waals surface area contributed by atoms with E-state index in [0.717, 1.165) is 5.56 Å². The fourth-order valence-electron chi connectivity index (χ4n) is 2.99. The quantitative estimate of drug-likeness (QED) is 0.674. The second-order valence-electron chi connectivity index (χ2n) is 6.08. The van der Waals surface area contributed by atoms with Crippen LogP contribution in [0, 0.1) is 6.92 Å². The van der Waals surface area contributed by atoms with Crippen LogP contribution in [-0.4, -0.2) is 38.2 Å². The Morgan fingerprint density at radius 1 is 1.00 bits per heavy atom. The summed E-state index contributed by atoms with van der Waals surface area (Å²) < 4.78 is 15.8. The zero-order chi connectivity index (χ0) is 20.4. The number of benzene rings is 2. The van der Waals surface area contributed by atoms with E-state index in [2.05, 4.69) is 10.3 Å². The predicted molar refractivity (Wildman–Crippen MR) is 101 cm³/mol. The summed E-state index contributed by atoms with van der Waals surface area (Å²) in [5.74, 6) is -0.998. The van der Waals surface area contributed by atoms with Gasteiger partial charge in [0.25, 0.3) is 5.91 Å². The number of aromatic amines is 1. The first-order valence-corrected chi connectivity index (χ1v) is 8.34. The average Bonchev–Trinajstić information content (AvgIpc) is 3.04. The number of amides is 1. The fourth-order valence-corrected chi connectivity index (χ4v) is 2.99. The van der Waals surface area contributed by atoms with Crippen LogP contribution < -0.4 is 24.6 Å². The molecule has 1 amide bonds. The highest BCUT2D eigenvalue weighted by Gasteiger charge is 2.20. The van der Waals surface area contributed by atoms with Crippen molar-refractivity contribution in [2.75, 3.05) is 26.6 Å². The number of hydrogen-bond acceptors (Lipinski definition) is 6. The third-order valence-electron chi connectivity index (χ3n) is 4.32. The number of ether oxygens (including phenoxy) is 3. The molecule has 0 atom stereocenters. The van der Waals surface area contributed by atoms with E-state index in [4.69, 9.17) is 14.2 Å². The van der Waals surface area contributed by atoms with Gasteiger partial charge in [-0.3, -0.25) is 4.79 Å². The van der Waals surface area contributed by atoms with Gasteiger partial charge in [0.15, 0.2) is 11.5 Å². The lowest BCUT2D eigenvalue weighted by atomic mass is 10.1. The maximum atomic E-state index is 12.9. The topological polar surface area (TPSA) is 113 Å². The van der Waals surface area contributed by atoms with Crippen molar-refractivity contribution in [3.8, 4) is 17.2 Å². The molecule has 2 N–H and O–H groups in total. The van der Waals surface area contributed by atoms with Gasteiger partial charge in [0.05, 0.1) is 38.7 Å². The number of nitrogens with one attached hydrogen (secondary N) is 2. The first kappa shape index (κ1) is 19.1. The minimum absolute atomic E-state index is 0.137. The Bertz CT molecular complexity index is 1040. The highest BCUT2D eigenvalue weighted by atomic mass is 16.5. The predicted octanol–water partition coefficient (Wildman–Crippen LogP) is 2.12. The average molecular weight is 383 g/mol. The van der Waals surface area contributed by atoms with Crippen LogP contribution in [0.2, 0.25) is 0 Å². The van der Waals surface area contributed by atoms with Crippen molar-refractivity contribution in [1.82, 2.24) is 4.98 Å². The minimum Gasteiger partial charge on any atom is -0.543 e. The number of carboxylic acids is 1. The summed E-state index contributed by atoms with van der Waals surface area (Å²) in [6.45, 7) is 1.87. The number of methoxy groups -OCH3 is 3. The molecule has 0 aliphatic heterocycles. The van der Waals surface area contributed by atoms with Crippen molar-refractivity contribution >= 4 is 28.5 Å². The summed E-state index contributed by atoms with van der Waals surface area (Å²) in [7, 11) is 4.34. The number of anilines is 1. The molecule has 8 heteroatoms. The van der Waals surface area contributed by atoms with Crippen LogP contribution in [0.1, 0.15) is 26.4 Å². The van der Waals surface area contributed by atoms with Gasteiger partial charge in [-0.05, 0) is 31.2 Å². The van der Waals surface area contributed by atoms with Gasteiger partial charge in [0, 0.05) is 16.5 Å².